The Morgan fingerprint density at radius 1 is 1.37 bits per heavy atom. The Labute approximate surface area is 123 Å². The van der Waals surface area contributed by atoms with Crippen molar-refractivity contribution in [2.24, 2.45) is 0 Å². The lowest BCUT2D eigenvalue weighted by atomic mass is 9.91. The summed E-state index contributed by atoms with van der Waals surface area (Å²) >= 11 is 3.59. The summed E-state index contributed by atoms with van der Waals surface area (Å²) in [6.45, 7) is 9.20. The van der Waals surface area contributed by atoms with Gasteiger partial charge in [-0.2, -0.15) is 0 Å². The molecule has 3 nitrogen and oxygen atoms in total. The second kappa shape index (κ2) is 5.16. The molecule has 1 saturated heterocycles. The zero-order chi connectivity index (χ0) is 14.2. The topological polar surface area (TPSA) is 29.5 Å². The molecule has 104 valence electrons. The summed E-state index contributed by atoms with van der Waals surface area (Å²) in [6, 6.07) is 6.36. The highest BCUT2D eigenvalue weighted by molar-refractivity contribution is 9.10. The maximum atomic E-state index is 11.8. The van der Waals surface area contributed by atoms with Crippen LogP contribution in [0.1, 0.15) is 37.8 Å². The van der Waals surface area contributed by atoms with Gasteiger partial charge in [0.25, 0.3) is 0 Å². The van der Waals surface area contributed by atoms with Crippen LogP contribution >= 0.6 is 15.9 Å². The van der Waals surface area contributed by atoms with E-state index < -0.39 is 5.60 Å². The lowest BCUT2D eigenvalue weighted by Crippen LogP contribution is -2.50. The molecule has 1 amide bonds. The molecule has 19 heavy (non-hydrogen) atoms. The van der Waals surface area contributed by atoms with Crippen molar-refractivity contribution in [1.82, 2.24) is 4.90 Å². The standard InChI is InChI=1S/C15H20BrNO2/c1-10-5-6-12(13(16)7-10)11-8-17(9-11)14(18)19-15(2,3)4/h5-7,11H,8-9H2,1-4H3. The zero-order valence-electron chi connectivity index (χ0n) is 11.9. The predicted octanol–water partition coefficient (Wildman–Crippen LogP) is 4.09. The molecule has 0 unspecified atom stereocenters. The zero-order valence-corrected chi connectivity index (χ0v) is 13.5. The van der Waals surface area contributed by atoms with Crippen LogP contribution < -0.4 is 0 Å². The Bertz CT molecular complexity index is 487. The quantitative estimate of drug-likeness (QED) is 0.778. The summed E-state index contributed by atoms with van der Waals surface area (Å²) in [5.74, 6) is 0.405. The fourth-order valence-electron chi connectivity index (χ4n) is 2.11. The Kier molecular flexibility index (Phi) is 3.90. The number of carbonyl (C=O) groups is 1. The Morgan fingerprint density at radius 2 is 2.00 bits per heavy atom. The van der Waals surface area contributed by atoms with Crippen molar-refractivity contribution < 1.29 is 9.53 Å². The predicted molar refractivity (Wildman–Crippen MR) is 79.4 cm³/mol. The molecular weight excluding hydrogens is 306 g/mol. The number of ether oxygens (including phenoxy) is 1. The highest BCUT2D eigenvalue weighted by atomic mass is 79.9. The number of carbonyl (C=O) groups excluding carboxylic acids is 1. The maximum Gasteiger partial charge on any atom is 0.410 e. The van der Waals surface area contributed by atoms with Crippen LogP contribution in [0.25, 0.3) is 0 Å². The molecule has 0 aliphatic carbocycles. The molecule has 0 radical (unpaired) electrons. The second-order valence-electron chi connectivity index (χ2n) is 6.11. The molecule has 0 N–H and O–H groups in total. The lowest BCUT2D eigenvalue weighted by molar-refractivity contribution is 0.00814. The van der Waals surface area contributed by atoms with Crippen LogP contribution in [0.4, 0.5) is 4.79 Å². The summed E-state index contributed by atoms with van der Waals surface area (Å²) in [7, 11) is 0. The number of rotatable bonds is 1. The number of likely N-dealkylation sites (tertiary alicyclic amines) is 1. The molecule has 0 saturated carbocycles. The lowest BCUT2D eigenvalue weighted by Gasteiger charge is -2.40. The number of halogens is 1. The van der Waals surface area contributed by atoms with Gasteiger partial charge >= 0.3 is 6.09 Å². The maximum absolute atomic E-state index is 11.8. The van der Waals surface area contributed by atoms with Gasteiger partial charge in [0.2, 0.25) is 0 Å². The first-order valence-corrected chi connectivity index (χ1v) is 7.29. The summed E-state index contributed by atoms with van der Waals surface area (Å²) in [4.78, 5) is 13.6. The van der Waals surface area contributed by atoms with Gasteiger partial charge in [-0.1, -0.05) is 28.1 Å². The van der Waals surface area contributed by atoms with Crippen molar-refractivity contribution in [1.29, 1.82) is 0 Å². The Morgan fingerprint density at radius 3 is 2.53 bits per heavy atom. The Hall–Kier alpha value is -1.03. The van der Waals surface area contributed by atoms with Crippen LogP contribution in [0.5, 0.6) is 0 Å². The van der Waals surface area contributed by atoms with E-state index in [-0.39, 0.29) is 6.09 Å². The van der Waals surface area contributed by atoms with Gasteiger partial charge in [-0.05, 0) is 44.9 Å². The molecular formula is C15H20BrNO2. The monoisotopic (exact) mass is 325 g/mol. The number of benzene rings is 1. The average Bonchev–Trinajstić information content (AvgIpc) is 2.16. The van der Waals surface area contributed by atoms with E-state index in [1.54, 1.807) is 4.90 Å². The second-order valence-corrected chi connectivity index (χ2v) is 6.96. The van der Waals surface area contributed by atoms with E-state index in [1.165, 1.54) is 11.1 Å². The average molecular weight is 326 g/mol. The van der Waals surface area contributed by atoms with E-state index in [9.17, 15) is 4.79 Å². The highest BCUT2D eigenvalue weighted by Crippen LogP contribution is 2.33. The molecule has 1 aromatic rings. The minimum Gasteiger partial charge on any atom is -0.444 e. The van der Waals surface area contributed by atoms with Crippen molar-refractivity contribution in [3.05, 3.63) is 33.8 Å². The largest absolute Gasteiger partial charge is 0.444 e. The smallest absolute Gasteiger partial charge is 0.410 e. The summed E-state index contributed by atoms with van der Waals surface area (Å²) in [5, 5.41) is 0. The van der Waals surface area contributed by atoms with Crippen LogP contribution in [0.3, 0.4) is 0 Å². The van der Waals surface area contributed by atoms with Gasteiger partial charge < -0.3 is 9.64 Å². The van der Waals surface area contributed by atoms with Crippen LogP contribution in [0, 0.1) is 6.92 Å². The SMILES string of the molecule is Cc1ccc(C2CN(C(=O)OC(C)(C)C)C2)c(Br)c1. The van der Waals surface area contributed by atoms with Crippen molar-refractivity contribution >= 4 is 22.0 Å². The van der Waals surface area contributed by atoms with Gasteiger partial charge in [0, 0.05) is 23.5 Å². The third-order valence-electron chi connectivity index (χ3n) is 3.13. The van der Waals surface area contributed by atoms with Crippen molar-refractivity contribution in [2.75, 3.05) is 13.1 Å². The molecule has 0 spiro atoms. The normalized spacial score (nSPS) is 16.2. The van der Waals surface area contributed by atoms with Crippen molar-refractivity contribution in [3.63, 3.8) is 0 Å². The first-order valence-electron chi connectivity index (χ1n) is 6.50. The minimum absolute atomic E-state index is 0.216. The number of amides is 1. The van der Waals surface area contributed by atoms with Gasteiger partial charge in [0.1, 0.15) is 5.60 Å². The van der Waals surface area contributed by atoms with Crippen molar-refractivity contribution in [3.8, 4) is 0 Å². The summed E-state index contributed by atoms with van der Waals surface area (Å²) < 4.78 is 6.48. The van der Waals surface area contributed by atoms with E-state index in [0.717, 1.165) is 17.6 Å². The summed E-state index contributed by atoms with van der Waals surface area (Å²) in [5.41, 5.74) is 2.08. The molecule has 1 heterocycles. The number of hydrogen-bond acceptors (Lipinski definition) is 2. The number of hydrogen-bond donors (Lipinski definition) is 0. The van der Waals surface area contributed by atoms with Gasteiger partial charge in [-0.25, -0.2) is 4.79 Å². The van der Waals surface area contributed by atoms with E-state index in [0.29, 0.717) is 5.92 Å². The van der Waals surface area contributed by atoms with Gasteiger partial charge in [-0.3, -0.25) is 0 Å². The molecule has 2 rings (SSSR count). The molecule has 1 fully saturated rings. The Balaban J connectivity index is 1.94. The first-order chi connectivity index (χ1) is 8.76. The minimum atomic E-state index is -0.424. The fourth-order valence-corrected chi connectivity index (χ4v) is 2.93. The van der Waals surface area contributed by atoms with Crippen LogP contribution in [0.2, 0.25) is 0 Å². The third kappa shape index (κ3) is 3.50. The molecule has 0 atom stereocenters. The van der Waals surface area contributed by atoms with E-state index in [4.69, 9.17) is 4.74 Å². The molecule has 0 aromatic heterocycles. The van der Waals surface area contributed by atoms with Crippen LogP contribution in [-0.2, 0) is 4.74 Å². The van der Waals surface area contributed by atoms with Gasteiger partial charge in [0.05, 0.1) is 0 Å². The van der Waals surface area contributed by atoms with E-state index in [2.05, 4.69) is 41.1 Å². The molecule has 0 bridgehead atoms. The fraction of sp³-hybridized carbons (Fsp3) is 0.533. The highest BCUT2D eigenvalue weighted by Gasteiger charge is 2.35. The number of aryl methyl sites for hydroxylation is 1. The van der Waals surface area contributed by atoms with Gasteiger partial charge in [0.15, 0.2) is 0 Å². The van der Waals surface area contributed by atoms with Crippen LogP contribution in [0.15, 0.2) is 22.7 Å². The summed E-state index contributed by atoms with van der Waals surface area (Å²) in [6.07, 6.45) is -0.216. The van der Waals surface area contributed by atoms with Gasteiger partial charge in [-0.15, -0.1) is 0 Å². The molecule has 1 aliphatic rings. The molecule has 1 aliphatic heterocycles. The molecule has 1 aromatic carbocycles. The first kappa shape index (κ1) is 14.4. The van der Waals surface area contributed by atoms with Crippen molar-refractivity contribution in [2.45, 2.75) is 39.2 Å². The third-order valence-corrected chi connectivity index (χ3v) is 3.82. The number of nitrogens with zero attached hydrogens (tertiary/aromatic N) is 1. The van der Waals surface area contributed by atoms with E-state index in [1.807, 2.05) is 20.8 Å². The molecule has 4 heteroatoms. The van der Waals surface area contributed by atoms with E-state index >= 15 is 0 Å². The van der Waals surface area contributed by atoms with Crippen LogP contribution in [-0.4, -0.2) is 29.7 Å².